The summed E-state index contributed by atoms with van der Waals surface area (Å²) in [5, 5.41) is 7.87. The highest BCUT2D eigenvalue weighted by Gasteiger charge is 2.35. The molecule has 0 bridgehead atoms. The number of methoxy groups -OCH3 is 1. The lowest BCUT2D eigenvalue weighted by atomic mass is 10.1. The van der Waals surface area contributed by atoms with E-state index in [4.69, 9.17) is 9.88 Å². The Hall–Kier alpha value is -2.91. The maximum absolute atomic E-state index is 12.7. The van der Waals surface area contributed by atoms with Crippen LogP contribution in [0.3, 0.4) is 0 Å². The lowest BCUT2D eigenvalue weighted by molar-refractivity contribution is -0.122. The van der Waals surface area contributed by atoms with Gasteiger partial charge < -0.3 is 15.0 Å². The van der Waals surface area contributed by atoms with Crippen molar-refractivity contribution in [3.8, 4) is 5.75 Å². The van der Waals surface area contributed by atoms with E-state index >= 15 is 0 Å². The molecule has 1 aliphatic heterocycles. The van der Waals surface area contributed by atoms with Crippen LogP contribution in [0.25, 0.3) is 0 Å². The average molecular weight is 417 g/mol. The molecule has 29 heavy (non-hydrogen) atoms. The number of ether oxygens (including phenoxy) is 1. The Balaban J connectivity index is 1.74. The van der Waals surface area contributed by atoms with Crippen molar-refractivity contribution in [2.24, 2.45) is 11.1 Å². The first-order valence-corrected chi connectivity index (χ1v) is 10.7. The SMILES string of the molecule is CCc1ccc(N2C[C@H](C(=O)Nc3ccc(OC)c(S(N)(=O)=O)c3)CC2=O)cc1. The minimum Gasteiger partial charge on any atom is -0.495 e. The van der Waals surface area contributed by atoms with Crippen LogP contribution in [-0.2, 0) is 26.0 Å². The number of nitrogens with two attached hydrogens (primary N) is 1. The van der Waals surface area contributed by atoms with E-state index in [0.717, 1.165) is 12.1 Å². The number of amides is 2. The molecule has 3 rings (SSSR count). The van der Waals surface area contributed by atoms with Crippen molar-refractivity contribution in [1.82, 2.24) is 0 Å². The van der Waals surface area contributed by atoms with Gasteiger partial charge in [0.05, 0.1) is 13.0 Å². The van der Waals surface area contributed by atoms with Gasteiger partial charge in [-0.05, 0) is 42.3 Å². The molecule has 8 nitrogen and oxygen atoms in total. The van der Waals surface area contributed by atoms with Gasteiger partial charge in [0.25, 0.3) is 0 Å². The molecule has 1 saturated heterocycles. The van der Waals surface area contributed by atoms with Crippen LogP contribution in [-0.4, -0.2) is 33.9 Å². The Morgan fingerprint density at radius 3 is 2.52 bits per heavy atom. The molecule has 2 amide bonds. The lowest BCUT2D eigenvalue weighted by Gasteiger charge is -2.17. The monoisotopic (exact) mass is 417 g/mol. The molecule has 3 N–H and O–H groups in total. The Morgan fingerprint density at radius 1 is 1.24 bits per heavy atom. The van der Waals surface area contributed by atoms with Crippen molar-refractivity contribution in [3.63, 3.8) is 0 Å². The van der Waals surface area contributed by atoms with E-state index in [1.165, 1.54) is 30.9 Å². The molecule has 2 aromatic rings. The third-order valence-corrected chi connectivity index (χ3v) is 5.82. The normalized spacial score (nSPS) is 16.7. The zero-order chi connectivity index (χ0) is 21.2. The maximum atomic E-state index is 12.7. The molecule has 0 spiro atoms. The van der Waals surface area contributed by atoms with E-state index in [9.17, 15) is 18.0 Å². The van der Waals surface area contributed by atoms with Crippen LogP contribution in [0.2, 0.25) is 0 Å². The minimum absolute atomic E-state index is 0.0829. The van der Waals surface area contributed by atoms with Gasteiger partial charge in [0.1, 0.15) is 10.6 Å². The fourth-order valence-corrected chi connectivity index (χ4v) is 3.99. The van der Waals surface area contributed by atoms with Crippen LogP contribution in [0.5, 0.6) is 5.75 Å². The second-order valence-electron chi connectivity index (χ2n) is 6.83. The van der Waals surface area contributed by atoms with Crippen LogP contribution in [0.4, 0.5) is 11.4 Å². The highest BCUT2D eigenvalue weighted by Crippen LogP contribution is 2.29. The Morgan fingerprint density at radius 2 is 1.93 bits per heavy atom. The first kappa shape index (κ1) is 20.8. The first-order chi connectivity index (χ1) is 13.7. The van der Waals surface area contributed by atoms with Gasteiger partial charge in [-0.3, -0.25) is 9.59 Å². The summed E-state index contributed by atoms with van der Waals surface area (Å²) in [5.74, 6) is -0.956. The van der Waals surface area contributed by atoms with Crippen molar-refractivity contribution in [3.05, 3.63) is 48.0 Å². The molecule has 0 unspecified atom stereocenters. The molecule has 1 atom stereocenters. The predicted molar refractivity (Wildman–Crippen MR) is 109 cm³/mol. The molecule has 1 fully saturated rings. The molecule has 0 radical (unpaired) electrons. The number of carbonyl (C=O) groups excluding carboxylic acids is 2. The van der Waals surface area contributed by atoms with Gasteiger partial charge in [-0.2, -0.15) is 0 Å². The van der Waals surface area contributed by atoms with E-state index in [-0.39, 0.29) is 41.1 Å². The van der Waals surface area contributed by atoms with Crippen molar-refractivity contribution in [1.29, 1.82) is 0 Å². The van der Waals surface area contributed by atoms with Gasteiger partial charge in [-0.1, -0.05) is 19.1 Å². The van der Waals surface area contributed by atoms with Crippen LogP contribution >= 0.6 is 0 Å². The second-order valence-corrected chi connectivity index (χ2v) is 8.36. The summed E-state index contributed by atoms with van der Waals surface area (Å²) in [6.07, 6.45) is 0.987. The van der Waals surface area contributed by atoms with Crippen LogP contribution in [0, 0.1) is 5.92 Å². The summed E-state index contributed by atoms with van der Waals surface area (Å²) in [5.41, 5.74) is 2.18. The summed E-state index contributed by atoms with van der Waals surface area (Å²) >= 11 is 0. The molecule has 1 aliphatic rings. The first-order valence-electron chi connectivity index (χ1n) is 9.14. The smallest absolute Gasteiger partial charge is 0.241 e. The molecule has 0 aliphatic carbocycles. The number of nitrogens with one attached hydrogen (secondary N) is 1. The zero-order valence-corrected chi connectivity index (χ0v) is 17.0. The number of nitrogens with zero attached hydrogens (tertiary/aromatic N) is 1. The lowest BCUT2D eigenvalue weighted by Crippen LogP contribution is -2.28. The maximum Gasteiger partial charge on any atom is 0.241 e. The van der Waals surface area contributed by atoms with Gasteiger partial charge in [-0.25, -0.2) is 13.6 Å². The topological polar surface area (TPSA) is 119 Å². The number of rotatable bonds is 6. The van der Waals surface area contributed by atoms with Gasteiger partial charge >= 0.3 is 0 Å². The number of hydrogen-bond donors (Lipinski definition) is 2. The molecule has 0 aromatic heterocycles. The van der Waals surface area contributed by atoms with Crippen molar-refractivity contribution in [2.75, 3.05) is 23.9 Å². The van der Waals surface area contributed by atoms with Crippen LogP contribution in [0.15, 0.2) is 47.4 Å². The van der Waals surface area contributed by atoms with Gasteiger partial charge in [0, 0.05) is 24.3 Å². The summed E-state index contributed by atoms with van der Waals surface area (Å²) in [6, 6.07) is 11.8. The zero-order valence-electron chi connectivity index (χ0n) is 16.2. The number of primary sulfonamides is 1. The van der Waals surface area contributed by atoms with E-state index in [1.54, 1.807) is 4.90 Å². The number of benzene rings is 2. The van der Waals surface area contributed by atoms with Gasteiger partial charge in [-0.15, -0.1) is 0 Å². The van der Waals surface area contributed by atoms with Gasteiger partial charge in [0.2, 0.25) is 21.8 Å². The standard InChI is InChI=1S/C20H23N3O5S/c1-3-13-4-7-16(8-5-13)23-12-14(10-19(23)24)20(25)22-15-6-9-17(28-2)18(11-15)29(21,26)27/h4-9,11,14H,3,10,12H2,1-2H3,(H,22,25)(H2,21,26,27)/t14-/m1/s1. The third kappa shape index (κ3) is 4.57. The molecular weight excluding hydrogens is 394 g/mol. The summed E-state index contributed by atoms with van der Waals surface area (Å²) in [7, 11) is -2.69. The molecule has 0 saturated carbocycles. The number of sulfonamides is 1. The van der Waals surface area contributed by atoms with Gasteiger partial charge in [0.15, 0.2) is 0 Å². The Kier molecular flexibility index (Phi) is 5.90. The quantitative estimate of drug-likeness (QED) is 0.744. The molecule has 2 aromatic carbocycles. The number of carbonyl (C=O) groups is 2. The Labute approximate surface area is 169 Å². The third-order valence-electron chi connectivity index (χ3n) is 4.89. The predicted octanol–water partition coefficient (Wildman–Crippen LogP) is 1.90. The van der Waals surface area contributed by atoms with Crippen molar-refractivity contribution >= 4 is 33.2 Å². The molecular formula is C20H23N3O5S. The number of anilines is 2. The fraction of sp³-hybridized carbons (Fsp3) is 0.300. The number of hydrogen-bond acceptors (Lipinski definition) is 5. The fourth-order valence-electron chi connectivity index (χ4n) is 3.27. The van der Waals surface area contributed by atoms with E-state index in [2.05, 4.69) is 12.2 Å². The summed E-state index contributed by atoms with van der Waals surface area (Å²) in [4.78, 5) is 26.4. The summed E-state index contributed by atoms with van der Waals surface area (Å²) in [6.45, 7) is 2.31. The molecule has 9 heteroatoms. The second kappa shape index (κ2) is 8.22. The highest BCUT2D eigenvalue weighted by atomic mass is 32.2. The highest BCUT2D eigenvalue weighted by molar-refractivity contribution is 7.89. The van der Waals surface area contributed by atoms with Crippen LogP contribution < -0.4 is 20.1 Å². The Bertz CT molecular complexity index is 1030. The largest absolute Gasteiger partial charge is 0.495 e. The average Bonchev–Trinajstić information content (AvgIpc) is 3.09. The summed E-state index contributed by atoms with van der Waals surface area (Å²) < 4.78 is 28.5. The molecule has 1 heterocycles. The van der Waals surface area contributed by atoms with Crippen LogP contribution in [0.1, 0.15) is 18.9 Å². The molecule has 154 valence electrons. The minimum atomic E-state index is -4.02. The van der Waals surface area contributed by atoms with E-state index in [0.29, 0.717) is 0 Å². The van der Waals surface area contributed by atoms with E-state index < -0.39 is 15.9 Å². The number of aryl methyl sites for hydroxylation is 1. The van der Waals surface area contributed by atoms with Crippen molar-refractivity contribution in [2.45, 2.75) is 24.7 Å². The van der Waals surface area contributed by atoms with Crippen molar-refractivity contribution < 1.29 is 22.7 Å². The van der Waals surface area contributed by atoms with E-state index in [1.807, 2.05) is 24.3 Å².